The Morgan fingerprint density at radius 2 is 1.62 bits per heavy atom. The van der Waals surface area contributed by atoms with E-state index in [1.807, 2.05) is 18.2 Å². The first-order valence-corrected chi connectivity index (χ1v) is 13.2. The number of aryl methyl sites for hydroxylation is 3. The summed E-state index contributed by atoms with van der Waals surface area (Å²) < 4.78 is 42.8. The van der Waals surface area contributed by atoms with Crippen molar-refractivity contribution in [1.29, 1.82) is 0 Å². The summed E-state index contributed by atoms with van der Waals surface area (Å²) in [6, 6.07) is 18.1. The molecule has 3 heterocycles. The van der Waals surface area contributed by atoms with Crippen molar-refractivity contribution in [1.82, 2.24) is 14.7 Å². The Morgan fingerprint density at radius 1 is 0.950 bits per heavy atom. The van der Waals surface area contributed by atoms with Gasteiger partial charge in [0, 0.05) is 56.0 Å². The van der Waals surface area contributed by atoms with Crippen LogP contribution in [0.5, 0.6) is 5.75 Å². The molecule has 1 N–H and O–H groups in total. The van der Waals surface area contributed by atoms with E-state index in [1.54, 1.807) is 12.1 Å². The van der Waals surface area contributed by atoms with Gasteiger partial charge < -0.3 is 24.3 Å². The van der Waals surface area contributed by atoms with Crippen molar-refractivity contribution < 1.29 is 22.7 Å². The van der Waals surface area contributed by atoms with Gasteiger partial charge in [0.15, 0.2) is 0 Å². The summed E-state index contributed by atoms with van der Waals surface area (Å²) in [4.78, 5) is 19.4. The molecule has 1 aliphatic rings. The Hall–Kier alpha value is -4.21. The molecule has 1 saturated heterocycles. The number of aromatic nitrogens is 2. The minimum Gasteiger partial charge on any atom is -0.406 e. The number of hydrogen-bond donors (Lipinski definition) is 1. The van der Waals surface area contributed by atoms with E-state index >= 15 is 0 Å². The minimum absolute atomic E-state index is 0.217. The molecule has 2 aromatic heterocycles. The van der Waals surface area contributed by atoms with E-state index in [0.29, 0.717) is 13.0 Å². The quantitative estimate of drug-likeness (QED) is 0.299. The number of fused-ring (bicyclic) bond motifs is 1. The molecule has 0 atom stereocenters. The van der Waals surface area contributed by atoms with Crippen LogP contribution in [0.3, 0.4) is 0 Å². The maximum atomic E-state index is 12.2. The molecule has 0 spiro atoms. The summed E-state index contributed by atoms with van der Waals surface area (Å²) in [5.41, 5.74) is 7.78. The summed E-state index contributed by atoms with van der Waals surface area (Å²) in [6.07, 6.45) is -0.858. The Balaban J connectivity index is 0.000000236. The van der Waals surface area contributed by atoms with Crippen LogP contribution in [0.4, 0.5) is 24.5 Å². The van der Waals surface area contributed by atoms with Crippen LogP contribution in [-0.4, -0.2) is 48.3 Å². The van der Waals surface area contributed by atoms with E-state index in [1.165, 1.54) is 29.1 Å². The number of ether oxygens (including phenoxy) is 1. The summed E-state index contributed by atoms with van der Waals surface area (Å²) in [5.74, 6) is -0.217. The summed E-state index contributed by atoms with van der Waals surface area (Å²) in [7, 11) is 0. The molecular formula is C30H34F3N5O2. The summed E-state index contributed by atoms with van der Waals surface area (Å²) in [6.45, 7) is 9.97. The number of nitrogens with one attached hydrogen (secondary N) is 1. The third kappa shape index (κ3) is 7.46. The van der Waals surface area contributed by atoms with Crippen LogP contribution in [0.2, 0.25) is 0 Å². The number of halogens is 3. The van der Waals surface area contributed by atoms with Gasteiger partial charge in [0.2, 0.25) is 6.41 Å². The average molecular weight is 554 g/mol. The van der Waals surface area contributed by atoms with Crippen molar-refractivity contribution >= 4 is 23.4 Å². The molecule has 10 heteroatoms. The number of alkyl halides is 3. The molecule has 212 valence electrons. The molecule has 7 nitrogen and oxygen atoms in total. The molecule has 5 rings (SSSR count). The molecule has 1 fully saturated rings. The lowest BCUT2D eigenvalue weighted by molar-refractivity contribution is -0.274. The first-order valence-electron chi connectivity index (χ1n) is 13.2. The molecule has 0 unspecified atom stereocenters. The van der Waals surface area contributed by atoms with Gasteiger partial charge in [0.1, 0.15) is 11.4 Å². The van der Waals surface area contributed by atoms with E-state index in [9.17, 15) is 18.0 Å². The fraction of sp³-hybridized carbons (Fsp3) is 0.333. The predicted octanol–water partition coefficient (Wildman–Crippen LogP) is 5.67. The van der Waals surface area contributed by atoms with Gasteiger partial charge >= 0.3 is 6.36 Å². The van der Waals surface area contributed by atoms with Gasteiger partial charge in [-0.2, -0.15) is 0 Å². The number of imidazole rings is 1. The predicted molar refractivity (Wildman–Crippen MR) is 151 cm³/mol. The molecular weight excluding hydrogens is 519 g/mol. The van der Waals surface area contributed by atoms with Crippen molar-refractivity contribution in [3.63, 3.8) is 0 Å². The number of anilines is 2. The number of carbonyl (C=O) groups excluding carboxylic acids is 1. The number of piperazine rings is 1. The zero-order valence-electron chi connectivity index (χ0n) is 22.9. The lowest BCUT2D eigenvalue weighted by atomic mass is 10.1. The topological polar surface area (TPSA) is 62.1 Å². The van der Waals surface area contributed by atoms with Crippen molar-refractivity contribution in [2.45, 2.75) is 40.1 Å². The second-order valence-corrected chi connectivity index (χ2v) is 9.62. The highest BCUT2D eigenvalue weighted by atomic mass is 19.4. The number of pyridine rings is 1. The molecule has 0 aliphatic carbocycles. The molecule has 0 saturated carbocycles. The summed E-state index contributed by atoms with van der Waals surface area (Å²) >= 11 is 0. The molecule has 4 aromatic rings. The van der Waals surface area contributed by atoms with E-state index in [2.05, 4.69) is 74.4 Å². The normalized spacial score (nSPS) is 13.6. The number of rotatable bonds is 7. The highest BCUT2D eigenvalue weighted by Crippen LogP contribution is 2.27. The SMILES string of the molecule is CCc1nc2ccc(C)cn2c1C.O=CNCc1cccc(N2CCN(c3ccc(OC(F)(F)F)cc3)CC2)c1. The third-order valence-electron chi connectivity index (χ3n) is 6.82. The van der Waals surface area contributed by atoms with E-state index in [4.69, 9.17) is 0 Å². The largest absolute Gasteiger partial charge is 0.573 e. The van der Waals surface area contributed by atoms with Crippen LogP contribution in [0.15, 0.2) is 66.9 Å². The van der Waals surface area contributed by atoms with Crippen LogP contribution >= 0.6 is 0 Å². The maximum absolute atomic E-state index is 12.2. The van der Waals surface area contributed by atoms with Crippen LogP contribution in [0, 0.1) is 13.8 Å². The van der Waals surface area contributed by atoms with Crippen LogP contribution in [0.1, 0.15) is 29.4 Å². The van der Waals surface area contributed by atoms with Gasteiger partial charge in [-0.05, 0) is 73.9 Å². The fourth-order valence-electron chi connectivity index (χ4n) is 4.76. The van der Waals surface area contributed by atoms with Gasteiger partial charge in [0.05, 0.1) is 5.69 Å². The number of amides is 1. The standard InChI is InChI=1S/C19H20F3N3O2.C11H14N2/c20-19(21,22)27-18-6-4-16(5-7-18)24-8-10-25(11-9-24)17-3-1-2-15(12-17)13-23-14-26;1-4-10-9(3)13-7-8(2)5-6-11(13)12-10/h1-7,12,14H,8-11,13H2,(H,23,26);5-7H,4H2,1-3H3. The van der Waals surface area contributed by atoms with Gasteiger partial charge in [-0.15, -0.1) is 13.2 Å². The summed E-state index contributed by atoms with van der Waals surface area (Å²) in [5, 5.41) is 2.65. The van der Waals surface area contributed by atoms with Crippen molar-refractivity contribution in [2.24, 2.45) is 0 Å². The zero-order valence-corrected chi connectivity index (χ0v) is 22.9. The monoisotopic (exact) mass is 553 g/mol. The van der Waals surface area contributed by atoms with Gasteiger partial charge in [-0.25, -0.2) is 4.98 Å². The van der Waals surface area contributed by atoms with E-state index in [0.717, 1.165) is 55.2 Å². The molecule has 1 amide bonds. The van der Waals surface area contributed by atoms with Gasteiger partial charge in [-0.3, -0.25) is 4.79 Å². The second kappa shape index (κ2) is 12.8. The van der Waals surface area contributed by atoms with Gasteiger partial charge in [0.25, 0.3) is 0 Å². The fourth-order valence-corrected chi connectivity index (χ4v) is 4.76. The molecule has 40 heavy (non-hydrogen) atoms. The first-order chi connectivity index (χ1) is 19.2. The maximum Gasteiger partial charge on any atom is 0.573 e. The Labute approximate surface area is 232 Å². The molecule has 2 aromatic carbocycles. The Morgan fingerprint density at radius 3 is 2.25 bits per heavy atom. The smallest absolute Gasteiger partial charge is 0.406 e. The van der Waals surface area contributed by atoms with E-state index < -0.39 is 6.36 Å². The molecule has 1 aliphatic heterocycles. The molecule has 0 radical (unpaired) electrons. The highest BCUT2D eigenvalue weighted by molar-refractivity contribution is 5.54. The Bertz CT molecular complexity index is 1410. The lowest BCUT2D eigenvalue weighted by Gasteiger charge is -2.37. The number of benzene rings is 2. The average Bonchev–Trinajstić information content (AvgIpc) is 3.26. The number of carbonyl (C=O) groups is 1. The third-order valence-corrected chi connectivity index (χ3v) is 6.82. The van der Waals surface area contributed by atoms with Crippen LogP contribution < -0.4 is 19.9 Å². The van der Waals surface area contributed by atoms with E-state index in [-0.39, 0.29) is 5.75 Å². The van der Waals surface area contributed by atoms with Crippen molar-refractivity contribution in [2.75, 3.05) is 36.0 Å². The van der Waals surface area contributed by atoms with Gasteiger partial charge in [-0.1, -0.05) is 25.1 Å². The first kappa shape index (κ1) is 28.8. The lowest BCUT2D eigenvalue weighted by Crippen LogP contribution is -2.46. The number of nitrogens with zero attached hydrogens (tertiary/aromatic N) is 4. The second-order valence-electron chi connectivity index (χ2n) is 9.62. The zero-order chi connectivity index (χ0) is 28.7. The Kier molecular flexibility index (Phi) is 9.19. The number of hydrogen-bond acceptors (Lipinski definition) is 5. The van der Waals surface area contributed by atoms with Crippen molar-refractivity contribution in [3.05, 3.63) is 89.4 Å². The van der Waals surface area contributed by atoms with Crippen molar-refractivity contribution in [3.8, 4) is 5.75 Å². The van der Waals surface area contributed by atoms with Crippen LogP contribution in [-0.2, 0) is 17.8 Å². The highest BCUT2D eigenvalue weighted by Gasteiger charge is 2.31. The van der Waals surface area contributed by atoms with Crippen LogP contribution in [0.25, 0.3) is 5.65 Å². The minimum atomic E-state index is -4.68. The molecule has 0 bridgehead atoms.